The van der Waals surface area contributed by atoms with Crippen molar-refractivity contribution >= 4 is 0 Å². The standard InChI is InChI=1S/C13H18N2O/c1-10-5-6-13(16-4)12(7-10)9-15(3)11(2)8-14/h5-7,11H,9H2,1-4H3. The van der Waals surface area contributed by atoms with Gasteiger partial charge in [0.25, 0.3) is 0 Å². The number of hydrogen-bond donors (Lipinski definition) is 0. The van der Waals surface area contributed by atoms with Crippen LogP contribution >= 0.6 is 0 Å². The van der Waals surface area contributed by atoms with Gasteiger partial charge in [-0.25, -0.2) is 0 Å². The maximum atomic E-state index is 8.84. The number of benzene rings is 1. The van der Waals surface area contributed by atoms with Gasteiger partial charge in [-0.3, -0.25) is 4.90 Å². The van der Waals surface area contributed by atoms with Crippen LogP contribution in [0.1, 0.15) is 18.1 Å². The van der Waals surface area contributed by atoms with Crippen molar-refractivity contribution in [3.63, 3.8) is 0 Å². The van der Waals surface area contributed by atoms with Crippen molar-refractivity contribution in [1.29, 1.82) is 5.26 Å². The Labute approximate surface area is 97.3 Å². The molecule has 16 heavy (non-hydrogen) atoms. The van der Waals surface area contributed by atoms with Gasteiger partial charge < -0.3 is 4.74 Å². The normalized spacial score (nSPS) is 12.2. The largest absolute Gasteiger partial charge is 0.496 e. The maximum absolute atomic E-state index is 8.84. The quantitative estimate of drug-likeness (QED) is 0.778. The van der Waals surface area contributed by atoms with Crippen molar-refractivity contribution in [1.82, 2.24) is 4.90 Å². The molecule has 1 atom stereocenters. The van der Waals surface area contributed by atoms with Crippen LogP contribution in [-0.2, 0) is 6.54 Å². The number of methoxy groups -OCH3 is 1. The first-order chi connectivity index (χ1) is 7.58. The average Bonchev–Trinajstić information content (AvgIpc) is 2.28. The molecule has 0 bridgehead atoms. The second-order valence-electron chi connectivity index (χ2n) is 4.04. The summed E-state index contributed by atoms with van der Waals surface area (Å²) in [4.78, 5) is 2.00. The van der Waals surface area contributed by atoms with E-state index >= 15 is 0 Å². The van der Waals surface area contributed by atoms with Gasteiger partial charge in [0.1, 0.15) is 5.75 Å². The number of ether oxygens (including phenoxy) is 1. The number of aryl methyl sites for hydroxylation is 1. The molecule has 0 N–H and O–H groups in total. The van der Waals surface area contributed by atoms with Crippen molar-refractivity contribution in [2.45, 2.75) is 26.4 Å². The molecule has 1 aromatic carbocycles. The summed E-state index contributed by atoms with van der Waals surface area (Å²) >= 11 is 0. The molecule has 3 nitrogen and oxygen atoms in total. The van der Waals surface area contributed by atoms with Crippen LogP contribution in [-0.4, -0.2) is 25.1 Å². The smallest absolute Gasteiger partial charge is 0.123 e. The van der Waals surface area contributed by atoms with E-state index in [0.29, 0.717) is 0 Å². The predicted octanol–water partition coefficient (Wildman–Crippen LogP) is 2.35. The summed E-state index contributed by atoms with van der Waals surface area (Å²) in [7, 11) is 3.61. The second-order valence-corrected chi connectivity index (χ2v) is 4.04. The van der Waals surface area contributed by atoms with Gasteiger partial charge in [0, 0.05) is 12.1 Å². The first-order valence-electron chi connectivity index (χ1n) is 5.32. The highest BCUT2D eigenvalue weighted by atomic mass is 16.5. The number of nitriles is 1. The molecule has 0 aliphatic rings. The summed E-state index contributed by atoms with van der Waals surface area (Å²) in [6, 6.07) is 8.22. The second kappa shape index (κ2) is 5.53. The molecular weight excluding hydrogens is 200 g/mol. The average molecular weight is 218 g/mol. The van der Waals surface area contributed by atoms with E-state index in [4.69, 9.17) is 10.00 Å². The number of hydrogen-bond acceptors (Lipinski definition) is 3. The van der Waals surface area contributed by atoms with Gasteiger partial charge in [-0.2, -0.15) is 5.26 Å². The molecule has 0 amide bonds. The predicted molar refractivity (Wildman–Crippen MR) is 64.3 cm³/mol. The van der Waals surface area contributed by atoms with Crippen molar-refractivity contribution in [3.8, 4) is 11.8 Å². The van der Waals surface area contributed by atoms with Gasteiger partial charge >= 0.3 is 0 Å². The molecule has 0 spiro atoms. The summed E-state index contributed by atoms with van der Waals surface area (Å²) in [6.07, 6.45) is 0. The molecule has 0 saturated heterocycles. The Kier molecular flexibility index (Phi) is 4.33. The zero-order valence-corrected chi connectivity index (χ0v) is 10.3. The lowest BCUT2D eigenvalue weighted by molar-refractivity contribution is 0.288. The third-order valence-corrected chi connectivity index (χ3v) is 2.70. The van der Waals surface area contributed by atoms with Gasteiger partial charge in [0.05, 0.1) is 19.2 Å². The van der Waals surface area contributed by atoms with Crippen LogP contribution in [0.25, 0.3) is 0 Å². The van der Waals surface area contributed by atoms with Gasteiger partial charge in [-0.15, -0.1) is 0 Å². The summed E-state index contributed by atoms with van der Waals surface area (Å²) in [5.41, 5.74) is 2.32. The molecule has 0 aliphatic carbocycles. The SMILES string of the molecule is COc1ccc(C)cc1CN(C)C(C)C#N. The first kappa shape index (κ1) is 12.5. The van der Waals surface area contributed by atoms with Crippen LogP contribution in [0, 0.1) is 18.3 Å². The molecule has 1 aromatic rings. The minimum absolute atomic E-state index is 0.0924. The minimum atomic E-state index is -0.0924. The third-order valence-electron chi connectivity index (χ3n) is 2.70. The maximum Gasteiger partial charge on any atom is 0.123 e. The lowest BCUT2D eigenvalue weighted by atomic mass is 10.1. The van der Waals surface area contributed by atoms with Crippen molar-refractivity contribution in [3.05, 3.63) is 29.3 Å². The third kappa shape index (κ3) is 2.98. The van der Waals surface area contributed by atoms with Crippen molar-refractivity contribution < 1.29 is 4.74 Å². The molecule has 0 saturated carbocycles. The van der Waals surface area contributed by atoms with Gasteiger partial charge in [-0.05, 0) is 27.0 Å². The summed E-state index contributed by atoms with van der Waals surface area (Å²) in [5, 5.41) is 8.84. The van der Waals surface area contributed by atoms with E-state index in [1.807, 2.05) is 31.0 Å². The molecular formula is C13H18N2O. The van der Waals surface area contributed by atoms with Crippen LogP contribution in [0.15, 0.2) is 18.2 Å². The zero-order chi connectivity index (χ0) is 12.1. The molecule has 1 unspecified atom stereocenters. The zero-order valence-electron chi connectivity index (χ0n) is 10.3. The molecule has 0 heterocycles. The molecule has 0 aliphatic heterocycles. The monoisotopic (exact) mass is 218 g/mol. The fourth-order valence-electron chi connectivity index (χ4n) is 1.54. The van der Waals surface area contributed by atoms with E-state index in [0.717, 1.165) is 17.9 Å². The molecule has 0 radical (unpaired) electrons. The van der Waals surface area contributed by atoms with E-state index in [9.17, 15) is 0 Å². The van der Waals surface area contributed by atoms with Crippen LogP contribution < -0.4 is 4.74 Å². The molecule has 0 fully saturated rings. The minimum Gasteiger partial charge on any atom is -0.496 e. The fourth-order valence-corrected chi connectivity index (χ4v) is 1.54. The number of nitrogens with zero attached hydrogens (tertiary/aromatic N) is 2. The fraction of sp³-hybridized carbons (Fsp3) is 0.462. The molecule has 1 rings (SSSR count). The van der Waals surface area contributed by atoms with Crippen LogP contribution in [0.3, 0.4) is 0 Å². The van der Waals surface area contributed by atoms with E-state index in [1.165, 1.54) is 5.56 Å². The first-order valence-corrected chi connectivity index (χ1v) is 5.32. The molecule has 0 aromatic heterocycles. The Hall–Kier alpha value is -1.53. The van der Waals surface area contributed by atoms with Crippen molar-refractivity contribution in [2.24, 2.45) is 0 Å². The summed E-state index contributed by atoms with van der Waals surface area (Å²) in [5.74, 6) is 0.877. The summed E-state index contributed by atoms with van der Waals surface area (Å²) in [6.45, 7) is 4.67. The molecule has 3 heteroatoms. The summed E-state index contributed by atoms with van der Waals surface area (Å²) < 4.78 is 5.31. The van der Waals surface area contributed by atoms with Crippen LogP contribution in [0.5, 0.6) is 5.75 Å². The van der Waals surface area contributed by atoms with E-state index in [1.54, 1.807) is 7.11 Å². The van der Waals surface area contributed by atoms with Gasteiger partial charge in [0.15, 0.2) is 0 Å². The van der Waals surface area contributed by atoms with Crippen LogP contribution in [0.4, 0.5) is 0 Å². The highest BCUT2D eigenvalue weighted by molar-refractivity contribution is 5.36. The Morgan fingerprint density at radius 2 is 2.19 bits per heavy atom. The Morgan fingerprint density at radius 1 is 1.50 bits per heavy atom. The highest BCUT2D eigenvalue weighted by Gasteiger charge is 2.11. The lowest BCUT2D eigenvalue weighted by Crippen LogP contribution is -2.27. The lowest BCUT2D eigenvalue weighted by Gasteiger charge is -2.20. The van der Waals surface area contributed by atoms with Gasteiger partial charge in [-0.1, -0.05) is 17.7 Å². The van der Waals surface area contributed by atoms with Crippen molar-refractivity contribution in [2.75, 3.05) is 14.2 Å². The Balaban J connectivity index is 2.87. The van der Waals surface area contributed by atoms with E-state index in [2.05, 4.69) is 19.1 Å². The van der Waals surface area contributed by atoms with Crippen LogP contribution in [0.2, 0.25) is 0 Å². The Bertz CT molecular complexity index is 395. The van der Waals surface area contributed by atoms with Gasteiger partial charge in [0.2, 0.25) is 0 Å². The topological polar surface area (TPSA) is 36.3 Å². The highest BCUT2D eigenvalue weighted by Crippen LogP contribution is 2.21. The van der Waals surface area contributed by atoms with E-state index < -0.39 is 0 Å². The Morgan fingerprint density at radius 3 is 2.75 bits per heavy atom. The van der Waals surface area contributed by atoms with E-state index in [-0.39, 0.29) is 6.04 Å². The molecule has 86 valence electrons. The number of rotatable bonds is 4.